The lowest BCUT2D eigenvalue weighted by Gasteiger charge is -2.29. The van der Waals surface area contributed by atoms with Gasteiger partial charge in [-0.05, 0) is 30.9 Å². The van der Waals surface area contributed by atoms with Crippen molar-refractivity contribution in [1.82, 2.24) is 15.0 Å². The number of nitrogens with one attached hydrogen (secondary N) is 2. The highest BCUT2D eigenvalue weighted by Crippen LogP contribution is 2.27. The summed E-state index contributed by atoms with van der Waals surface area (Å²) >= 11 is 0. The molecule has 1 fully saturated rings. The molecule has 1 saturated carbocycles. The number of rotatable bonds is 13. The smallest absolute Gasteiger partial charge is 0.328 e. The van der Waals surface area contributed by atoms with Gasteiger partial charge in [0.2, 0.25) is 11.9 Å². The first-order chi connectivity index (χ1) is 15.2. The first-order valence-electron chi connectivity index (χ1n) is 11.1. The molecule has 1 aliphatic rings. The minimum absolute atomic E-state index is 0.255. The SMILES string of the molecule is CC1CCCCC1Nc1nc(NCCOCCOCCN)nc(Oc2ccccc2)n1. The molecule has 9 heteroatoms. The number of anilines is 2. The molecule has 0 amide bonds. The number of hydrogen-bond acceptors (Lipinski definition) is 9. The fraction of sp³-hybridized carbons (Fsp3) is 0.591. The number of benzene rings is 1. The molecule has 170 valence electrons. The van der Waals surface area contributed by atoms with E-state index in [1.807, 2.05) is 30.3 Å². The van der Waals surface area contributed by atoms with Crippen LogP contribution in [0.5, 0.6) is 11.8 Å². The molecule has 0 saturated heterocycles. The first-order valence-corrected chi connectivity index (χ1v) is 11.1. The number of nitrogens with two attached hydrogens (primary N) is 1. The molecule has 0 bridgehead atoms. The molecule has 1 aromatic heterocycles. The van der Waals surface area contributed by atoms with Crippen LogP contribution in [-0.2, 0) is 9.47 Å². The molecule has 2 aromatic rings. The normalized spacial score (nSPS) is 18.5. The average Bonchev–Trinajstić information content (AvgIpc) is 2.78. The largest absolute Gasteiger partial charge is 0.424 e. The van der Waals surface area contributed by atoms with Gasteiger partial charge in [-0.25, -0.2) is 0 Å². The van der Waals surface area contributed by atoms with E-state index in [2.05, 4.69) is 32.5 Å². The second-order valence-corrected chi connectivity index (χ2v) is 7.63. The van der Waals surface area contributed by atoms with Crippen molar-refractivity contribution in [1.29, 1.82) is 0 Å². The molecule has 0 radical (unpaired) electrons. The van der Waals surface area contributed by atoms with E-state index in [1.165, 1.54) is 19.3 Å². The standard InChI is InChI=1S/C22H34N6O3/c1-17-7-5-6-10-19(17)25-21-26-20(24-12-14-30-16-15-29-13-11-23)27-22(28-21)31-18-8-3-2-4-9-18/h2-4,8-9,17,19H,5-7,10-16,23H2,1H3,(H2,24,25,26,27,28). The highest BCUT2D eigenvalue weighted by Gasteiger charge is 2.22. The summed E-state index contributed by atoms with van der Waals surface area (Å²) in [5, 5.41) is 6.68. The molecule has 2 atom stereocenters. The lowest BCUT2D eigenvalue weighted by Crippen LogP contribution is -2.31. The van der Waals surface area contributed by atoms with Gasteiger partial charge in [0.25, 0.3) is 0 Å². The number of para-hydroxylation sites is 1. The topological polar surface area (TPSA) is 116 Å². The van der Waals surface area contributed by atoms with Crippen LogP contribution < -0.4 is 21.1 Å². The maximum atomic E-state index is 5.86. The van der Waals surface area contributed by atoms with E-state index >= 15 is 0 Å². The summed E-state index contributed by atoms with van der Waals surface area (Å²) in [5.41, 5.74) is 5.38. The third kappa shape index (κ3) is 8.28. The second kappa shape index (κ2) is 13.0. The molecule has 1 heterocycles. The summed E-state index contributed by atoms with van der Waals surface area (Å²) in [5.74, 6) is 2.24. The van der Waals surface area contributed by atoms with Gasteiger partial charge in [-0.1, -0.05) is 38.0 Å². The van der Waals surface area contributed by atoms with Gasteiger partial charge in [-0.2, -0.15) is 15.0 Å². The van der Waals surface area contributed by atoms with Gasteiger partial charge >= 0.3 is 6.01 Å². The number of aromatic nitrogens is 3. The van der Waals surface area contributed by atoms with Crippen molar-refractivity contribution in [2.75, 3.05) is 50.2 Å². The van der Waals surface area contributed by atoms with Gasteiger partial charge < -0.3 is 30.6 Å². The minimum Gasteiger partial charge on any atom is -0.424 e. The molecule has 0 aliphatic heterocycles. The van der Waals surface area contributed by atoms with Crippen molar-refractivity contribution in [2.45, 2.75) is 38.6 Å². The first kappa shape index (κ1) is 23.2. The molecule has 9 nitrogen and oxygen atoms in total. The zero-order chi connectivity index (χ0) is 21.7. The highest BCUT2D eigenvalue weighted by molar-refractivity contribution is 5.38. The summed E-state index contributed by atoms with van der Waals surface area (Å²) < 4.78 is 16.7. The Kier molecular flexibility index (Phi) is 9.75. The van der Waals surface area contributed by atoms with Gasteiger partial charge in [0.05, 0.1) is 26.4 Å². The Morgan fingerprint density at radius 2 is 1.68 bits per heavy atom. The Balaban J connectivity index is 1.59. The van der Waals surface area contributed by atoms with Crippen molar-refractivity contribution in [3.05, 3.63) is 30.3 Å². The Hall–Kier alpha value is -2.49. The van der Waals surface area contributed by atoms with Crippen molar-refractivity contribution < 1.29 is 14.2 Å². The summed E-state index contributed by atoms with van der Waals surface area (Å²) in [4.78, 5) is 13.4. The Labute approximate surface area is 184 Å². The van der Waals surface area contributed by atoms with Crippen LogP contribution in [0.25, 0.3) is 0 Å². The van der Waals surface area contributed by atoms with Crippen molar-refractivity contribution in [3.63, 3.8) is 0 Å². The van der Waals surface area contributed by atoms with E-state index in [-0.39, 0.29) is 6.01 Å². The Bertz CT molecular complexity index is 764. The van der Waals surface area contributed by atoms with E-state index in [9.17, 15) is 0 Å². The minimum atomic E-state index is 0.255. The second-order valence-electron chi connectivity index (χ2n) is 7.63. The molecular formula is C22H34N6O3. The van der Waals surface area contributed by atoms with Crippen LogP contribution in [0.2, 0.25) is 0 Å². The molecule has 1 aromatic carbocycles. The maximum Gasteiger partial charge on any atom is 0.328 e. The summed E-state index contributed by atoms with van der Waals surface area (Å²) in [6.45, 7) is 5.46. The predicted octanol–water partition coefficient (Wildman–Crippen LogP) is 3.06. The monoisotopic (exact) mass is 430 g/mol. The quantitative estimate of drug-likeness (QED) is 0.412. The van der Waals surface area contributed by atoms with E-state index < -0.39 is 0 Å². The predicted molar refractivity (Wildman–Crippen MR) is 121 cm³/mol. The average molecular weight is 431 g/mol. The van der Waals surface area contributed by atoms with E-state index in [0.717, 1.165) is 6.42 Å². The van der Waals surface area contributed by atoms with Crippen LogP contribution in [0.15, 0.2) is 30.3 Å². The van der Waals surface area contributed by atoms with Crippen LogP contribution in [0.3, 0.4) is 0 Å². The fourth-order valence-corrected chi connectivity index (χ4v) is 3.48. The zero-order valence-electron chi connectivity index (χ0n) is 18.3. The molecule has 2 unspecified atom stereocenters. The van der Waals surface area contributed by atoms with Gasteiger partial charge in [-0.3, -0.25) is 0 Å². The van der Waals surface area contributed by atoms with E-state index in [0.29, 0.717) is 69.1 Å². The summed E-state index contributed by atoms with van der Waals surface area (Å²) in [6, 6.07) is 10.1. The summed E-state index contributed by atoms with van der Waals surface area (Å²) in [7, 11) is 0. The fourth-order valence-electron chi connectivity index (χ4n) is 3.48. The van der Waals surface area contributed by atoms with Crippen molar-refractivity contribution >= 4 is 11.9 Å². The van der Waals surface area contributed by atoms with Crippen molar-refractivity contribution in [3.8, 4) is 11.8 Å². The van der Waals surface area contributed by atoms with Crippen LogP contribution in [0.4, 0.5) is 11.9 Å². The van der Waals surface area contributed by atoms with E-state index in [4.69, 9.17) is 19.9 Å². The molecule has 31 heavy (non-hydrogen) atoms. The van der Waals surface area contributed by atoms with Gasteiger partial charge in [-0.15, -0.1) is 0 Å². The van der Waals surface area contributed by atoms with Crippen LogP contribution in [0.1, 0.15) is 32.6 Å². The van der Waals surface area contributed by atoms with Gasteiger partial charge in [0.15, 0.2) is 0 Å². The molecular weight excluding hydrogens is 396 g/mol. The Morgan fingerprint density at radius 1 is 0.935 bits per heavy atom. The van der Waals surface area contributed by atoms with E-state index in [1.54, 1.807) is 0 Å². The number of hydrogen-bond donors (Lipinski definition) is 3. The number of nitrogens with zero attached hydrogens (tertiary/aromatic N) is 3. The lowest BCUT2D eigenvalue weighted by atomic mass is 9.86. The number of ether oxygens (including phenoxy) is 3. The molecule has 0 spiro atoms. The Morgan fingerprint density at radius 3 is 2.45 bits per heavy atom. The van der Waals surface area contributed by atoms with Crippen LogP contribution >= 0.6 is 0 Å². The van der Waals surface area contributed by atoms with Gasteiger partial charge in [0, 0.05) is 19.1 Å². The molecule has 1 aliphatic carbocycles. The summed E-state index contributed by atoms with van der Waals surface area (Å²) in [6.07, 6.45) is 4.83. The molecule has 3 rings (SSSR count). The third-order valence-electron chi connectivity index (χ3n) is 5.16. The highest BCUT2D eigenvalue weighted by atomic mass is 16.5. The van der Waals surface area contributed by atoms with Gasteiger partial charge in [0.1, 0.15) is 5.75 Å². The van der Waals surface area contributed by atoms with Crippen molar-refractivity contribution in [2.24, 2.45) is 11.7 Å². The third-order valence-corrected chi connectivity index (χ3v) is 5.16. The maximum absolute atomic E-state index is 5.86. The van der Waals surface area contributed by atoms with Crippen LogP contribution in [0, 0.1) is 5.92 Å². The lowest BCUT2D eigenvalue weighted by molar-refractivity contribution is 0.0547. The zero-order valence-corrected chi connectivity index (χ0v) is 18.3. The van der Waals surface area contributed by atoms with Crippen LogP contribution in [-0.4, -0.2) is 60.5 Å². The molecule has 4 N–H and O–H groups in total.